The van der Waals surface area contributed by atoms with E-state index in [9.17, 15) is 43.7 Å². The van der Waals surface area contributed by atoms with Gasteiger partial charge in [-0.3, -0.25) is 4.79 Å². The Morgan fingerprint density at radius 2 is 1.11 bits per heavy atom. The van der Waals surface area contributed by atoms with Crippen LogP contribution in [0.25, 0.3) is 21.1 Å². The van der Waals surface area contributed by atoms with E-state index in [1.165, 1.54) is 11.3 Å². The quantitative estimate of drug-likeness (QED) is 0.112. The Labute approximate surface area is 296 Å². The molecule has 0 saturated heterocycles. The van der Waals surface area contributed by atoms with Crippen molar-refractivity contribution in [1.29, 1.82) is 0 Å². The molecule has 2 aromatic carbocycles. The van der Waals surface area contributed by atoms with Crippen molar-refractivity contribution in [2.75, 3.05) is 13.2 Å². The summed E-state index contributed by atoms with van der Waals surface area (Å²) >= 11 is 2.40. The standard InChI is InChI=1S/C14H14F5NO2S2.C12H12F5NOS2.Al.Li.4H/c1-3-22-13(21)8-12-9(2)23-14(20-12)10-4-6-11(7-5-10)24(15,16,17,18)19;1-8-11(6-7-19)18-12(20-8)9-2-4-10(5-3-9)21(13,14,15,16)17;;;;;;/h4-7H,3,8H2,1-2H3;2-5,19H,6-7H2,1H3;;;;;;/q;;;+1;;;;-1. The molecule has 260 valence electrons. The van der Waals surface area contributed by atoms with E-state index >= 15 is 0 Å². The van der Waals surface area contributed by atoms with Crippen molar-refractivity contribution in [1.82, 2.24) is 9.97 Å². The van der Waals surface area contributed by atoms with Gasteiger partial charge >= 0.3 is 45.3 Å². The molecule has 2 aromatic heterocycles. The molecule has 1 N–H and O–H groups in total. The Hall–Kier alpha value is -1.74. The van der Waals surface area contributed by atoms with Gasteiger partial charge in [-0.25, -0.2) is 9.97 Å². The molecule has 4 rings (SSSR count). The van der Waals surface area contributed by atoms with E-state index < -0.39 is 36.2 Å². The summed E-state index contributed by atoms with van der Waals surface area (Å²) in [5.74, 6) is -0.464. The molecule has 0 spiro atoms. The summed E-state index contributed by atoms with van der Waals surface area (Å²) in [4.78, 5) is 17.5. The van der Waals surface area contributed by atoms with Crippen molar-refractivity contribution in [3.8, 4) is 21.1 Å². The van der Waals surface area contributed by atoms with Crippen LogP contribution in [0.15, 0.2) is 58.3 Å². The van der Waals surface area contributed by atoms with Crippen LogP contribution in [0.3, 0.4) is 0 Å². The minimum Gasteiger partial charge on any atom is -1.00 e. The molecule has 0 atom stereocenters. The molecule has 0 saturated carbocycles. The number of ether oxygens (including phenoxy) is 1. The van der Waals surface area contributed by atoms with Crippen molar-refractivity contribution < 1.29 is 73.8 Å². The molecule has 5 nitrogen and oxygen atoms in total. The van der Waals surface area contributed by atoms with Crippen molar-refractivity contribution >= 4 is 66.5 Å². The first-order valence-electron chi connectivity index (χ1n) is 12.6. The Kier molecular flexibility index (Phi) is 12.5. The first-order valence-corrected chi connectivity index (χ1v) is 18.1. The van der Waals surface area contributed by atoms with Crippen molar-refractivity contribution in [2.45, 2.75) is 43.4 Å². The van der Waals surface area contributed by atoms with E-state index in [1.54, 1.807) is 20.8 Å². The summed E-state index contributed by atoms with van der Waals surface area (Å²) < 4.78 is 131. The van der Waals surface area contributed by atoms with Gasteiger partial charge in [0.1, 0.15) is 19.8 Å². The normalized spacial score (nSPS) is 14.5. The van der Waals surface area contributed by atoms with Gasteiger partial charge in [-0.1, -0.05) is 63.1 Å². The second-order valence-corrected chi connectivity index (χ2v) is 16.7. The zero-order chi connectivity index (χ0) is 34.2. The third-order valence-electron chi connectivity index (χ3n) is 5.84. The second kappa shape index (κ2) is 13.5. The van der Waals surface area contributed by atoms with Gasteiger partial charge in [-0.15, -0.1) is 22.7 Å². The van der Waals surface area contributed by atoms with Crippen LogP contribution in [0, 0.1) is 13.8 Å². The molecule has 0 aliphatic rings. The number of halogens is 10. The molecule has 4 aromatic rings. The summed E-state index contributed by atoms with van der Waals surface area (Å²) in [5.41, 5.74) is 1.70. The number of carbonyl (C=O) groups excluding carboxylic acids is 1. The topological polar surface area (TPSA) is 72.3 Å². The fourth-order valence-electron chi connectivity index (χ4n) is 3.66. The van der Waals surface area contributed by atoms with Crippen LogP contribution in [-0.2, 0) is 22.4 Å². The van der Waals surface area contributed by atoms with Crippen molar-refractivity contribution in [3.05, 3.63) is 69.7 Å². The predicted molar refractivity (Wildman–Crippen MR) is 170 cm³/mol. The molecule has 0 bridgehead atoms. The summed E-state index contributed by atoms with van der Waals surface area (Å²) in [7, 11) is -19.3. The maximum Gasteiger partial charge on any atom is 1.00 e. The van der Waals surface area contributed by atoms with E-state index in [0.717, 1.165) is 40.5 Å². The molecule has 0 aliphatic carbocycles. The number of carbonyl (C=O) groups is 1. The predicted octanol–water partition coefficient (Wildman–Crippen LogP) is 7.12. The maximum absolute atomic E-state index is 12.7. The van der Waals surface area contributed by atoms with Crippen LogP contribution in [0.1, 0.15) is 29.5 Å². The molecular formula is C26H30AlF10LiN2O3S4. The molecule has 0 fully saturated rings. The van der Waals surface area contributed by atoms with Gasteiger partial charge in [0.25, 0.3) is 0 Å². The van der Waals surface area contributed by atoms with Crippen molar-refractivity contribution in [3.63, 3.8) is 0 Å². The Balaban J connectivity index is 0.000000873. The Bertz CT molecular complexity index is 1710. The van der Waals surface area contributed by atoms with E-state index in [2.05, 4.69) is 9.97 Å². The van der Waals surface area contributed by atoms with E-state index in [4.69, 9.17) is 9.84 Å². The first kappa shape index (κ1) is 43.3. The van der Waals surface area contributed by atoms with Gasteiger partial charge in [-0.2, -0.15) is 0 Å². The number of thiazole rings is 2. The van der Waals surface area contributed by atoms with Gasteiger partial charge in [0.15, 0.2) is 17.4 Å². The number of hydrogen-bond acceptors (Lipinski definition) is 7. The third kappa shape index (κ3) is 12.3. The SMILES string of the molecule is CCOC(=O)Cc1nc(-c2ccc(S(F)(F)(F)(F)F)cc2)sc1C.Cc1sc(-c2ccc(S(F)(F)(F)(F)F)cc2)nc1CCO.[AlH3].[H-].[Li+]. The van der Waals surface area contributed by atoms with Gasteiger partial charge in [0, 0.05) is 33.9 Å². The fourth-order valence-corrected chi connectivity index (χ4v) is 6.86. The molecule has 2 heterocycles. The zero-order valence-electron chi connectivity index (χ0n) is 25.5. The third-order valence-corrected chi connectivity index (χ3v) is 10.3. The monoisotopic (exact) mass is 770 g/mol. The van der Waals surface area contributed by atoms with E-state index in [-0.39, 0.29) is 62.8 Å². The number of rotatable bonds is 9. The smallest absolute Gasteiger partial charge is 1.00 e. The number of benzene rings is 2. The van der Waals surface area contributed by atoms with Gasteiger partial charge in [0.2, 0.25) is 0 Å². The minimum absolute atomic E-state index is 0. The number of esters is 1. The van der Waals surface area contributed by atoms with Gasteiger partial charge in [-0.05, 0) is 45.0 Å². The van der Waals surface area contributed by atoms with Gasteiger partial charge in [0.05, 0.1) is 24.4 Å². The maximum atomic E-state index is 12.7. The summed E-state index contributed by atoms with van der Waals surface area (Å²) in [6, 6.07) is 5.29. The summed E-state index contributed by atoms with van der Waals surface area (Å²) in [5, 5.41) is 9.65. The minimum atomic E-state index is -9.68. The van der Waals surface area contributed by atoms with Crippen LogP contribution in [0.2, 0.25) is 0 Å². The number of aliphatic hydroxyl groups is 1. The van der Waals surface area contributed by atoms with Crippen LogP contribution >= 0.6 is 43.1 Å². The van der Waals surface area contributed by atoms with Gasteiger partial charge < -0.3 is 11.3 Å². The number of aromatic nitrogens is 2. The first-order chi connectivity index (χ1) is 20.2. The molecule has 47 heavy (non-hydrogen) atoms. The van der Waals surface area contributed by atoms with Crippen molar-refractivity contribution in [2.24, 2.45) is 0 Å². The summed E-state index contributed by atoms with van der Waals surface area (Å²) in [6.07, 6.45) is 0.283. The van der Waals surface area contributed by atoms with Crippen LogP contribution in [-0.4, -0.2) is 51.6 Å². The Morgan fingerprint density at radius 3 is 1.45 bits per heavy atom. The largest absolute Gasteiger partial charge is 1.00 e. The molecule has 0 unspecified atom stereocenters. The average molecular weight is 771 g/mol. The molecule has 0 radical (unpaired) electrons. The molecular weight excluding hydrogens is 740 g/mol. The number of nitrogens with zero attached hydrogens (tertiary/aromatic N) is 2. The fraction of sp³-hybridized carbons (Fsp3) is 0.269. The van der Waals surface area contributed by atoms with Crippen LogP contribution < -0.4 is 18.9 Å². The Morgan fingerprint density at radius 1 is 0.745 bits per heavy atom. The molecule has 21 heteroatoms. The second-order valence-electron chi connectivity index (χ2n) is 9.49. The van der Waals surface area contributed by atoms with E-state index in [0.29, 0.717) is 62.5 Å². The molecule has 0 amide bonds. The summed E-state index contributed by atoms with van der Waals surface area (Å²) in [6.45, 7) is 5.28. The number of aliphatic hydroxyl groups excluding tert-OH is 1. The average Bonchev–Trinajstić information content (AvgIpc) is 3.44. The van der Waals surface area contributed by atoms with E-state index in [1.807, 2.05) is 0 Å². The zero-order valence-corrected chi connectivity index (χ0v) is 27.8. The molecule has 0 aliphatic heterocycles. The van der Waals surface area contributed by atoms with Crippen LogP contribution in [0.5, 0.6) is 0 Å². The van der Waals surface area contributed by atoms with Crippen LogP contribution in [0.4, 0.5) is 38.9 Å². The number of hydrogen-bond donors (Lipinski definition) is 1. The number of aryl methyl sites for hydroxylation is 2.